The second kappa shape index (κ2) is 8.63. The fraction of sp³-hybridized carbons (Fsp3) is 0.412. The quantitative estimate of drug-likeness (QED) is 0.420. The van der Waals surface area contributed by atoms with Crippen LogP contribution in [0.4, 0.5) is 0 Å². The Morgan fingerprint density at radius 1 is 1.35 bits per heavy atom. The van der Waals surface area contributed by atoms with Gasteiger partial charge in [-0.25, -0.2) is 9.98 Å². The molecule has 1 aliphatic rings. The van der Waals surface area contributed by atoms with Crippen molar-refractivity contribution in [2.45, 2.75) is 32.9 Å². The van der Waals surface area contributed by atoms with E-state index < -0.39 is 0 Å². The fourth-order valence-electron chi connectivity index (χ4n) is 2.29. The van der Waals surface area contributed by atoms with Gasteiger partial charge in [0.25, 0.3) is 0 Å². The predicted molar refractivity (Wildman–Crippen MR) is 108 cm³/mol. The van der Waals surface area contributed by atoms with Crippen LogP contribution in [0.3, 0.4) is 0 Å². The average molecular weight is 442 g/mol. The number of nitrogens with zero attached hydrogens (tertiary/aromatic N) is 2. The lowest BCUT2D eigenvalue weighted by Gasteiger charge is -2.10. The maximum atomic E-state index is 4.68. The van der Waals surface area contributed by atoms with Crippen molar-refractivity contribution in [3.63, 3.8) is 0 Å². The first kappa shape index (κ1) is 18.2. The molecule has 0 spiro atoms. The van der Waals surface area contributed by atoms with Crippen molar-refractivity contribution < 1.29 is 0 Å². The molecule has 1 aliphatic carbocycles. The molecule has 2 unspecified atom stereocenters. The first-order valence-corrected chi connectivity index (χ1v) is 8.69. The van der Waals surface area contributed by atoms with Gasteiger partial charge in [0, 0.05) is 23.5 Å². The molecule has 2 N–H and O–H groups in total. The summed E-state index contributed by atoms with van der Waals surface area (Å²) in [6, 6.07) is 10.8. The van der Waals surface area contributed by atoms with E-state index in [4.69, 9.17) is 0 Å². The Labute approximate surface area is 158 Å². The van der Waals surface area contributed by atoms with E-state index in [-0.39, 0.29) is 24.0 Å². The van der Waals surface area contributed by atoms with Gasteiger partial charge >= 0.3 is 0 Å². The zero-order valence-corrected chi connectivity index (χ0v) is 16.6. The Bertz CT molecular complexity index is 641. The van der Waals surface area contributed by atoms with Gasteiger partial charge in [0.2, 0.25) is 0 Å². The van der Waals surface area contributed by atoms with E-state index in [0.29, 0.717) is 12.6 Å². The van der Waals surface area contributed by atoms with Gasteiger partial charge in [0.1, 0.15) is 5.01 Å². The maximum Gasteiger partial charge on any atom is 0.191 e. The summed E-state index contributed by atoms with van der Waals surface area (Å²) in [5.41, 5.74) is 2.19. The molecule has 3 rings (SSSR count). The lowest BCUT2D eigenvalue weighted by atomic mass is 10.2. The minimum atomic E-state index is 0. The predicted octanol–water partition coefficient (Wildman–Crippen LogP) is 3.89. The molecule has 1 saturated carbocycles. The number of benzene rings is 1. The smallest absolute Gasteiger partial charge is 0.191 e. The van der Waals surface area contributed by atoms with E-state index in [0.717, 1.165) is 34.7 Å². The molecule has 23 heavy (non-hydrogen) atoms. The topological polar surface area (TPSA) is 49.3 Å². The van der Waals surface area contributed by atoms with Gasteiger partial charge in [-0.05, 0) is 19.3 Å². The number of aromatic nitrogens is 1. The summed E-state index contributed by atoms with van der Waals surface area (Å²) in [7, 11) is 0. The largest absolute Gasteiger partial charge is 0.357 e. The van der Waals surface area contributed by atoms with Gasteiger partial charge in [-0.1, -0.05) is 37.3 Å². The Kier molecular flexibility index (Phi) is 6.83. The molecule has 1 aromatic heterocycles. The number of thiazole rings is 1. The van der Waals surface area contributed by atoms with Crippen molar-refractivity contribution >= 4 is 41.3 Å². The summed E-state index contributed by atoms with van der Waals surface area (Å²) >= 11 is 1.67. The van der Waals surface area contributed by atoms with E-state index in [1.54, 1.807) is 11.3 Å². The van der Waals surface area contributed by atoms with Crippen LogP contribution in [0.1, 0.15) is 25.3 Å². The first-order chi connectivity index (χ1) is 10.8. The number of rotatable bonds is 5. The van der Waals surface area contributed by atoms with Crippen LogP contribution in [-0.2, 0) is 6.54 Å². The Morgan fingerprint density at radius 2 is 2.09 bits per heavy atom. The highest BCUT2D eigenvalue weighted by Gasteiger charge is 2.33. The van der Waals surface area contributed by atoms with Gasteiger partial charge in [0.15, 0.2) is 5.96 Å². The average Bonchev–Trinajstić information content (AvgIpc) is 3.03. The molecule has 0 saturated heterocycles. The highest BCUT2D eigenvalue weighted by Crippen LogP contribution is 2.28. The Hall–Kier alpha value is -1.15. The Morgan fingerprint density at radius 3 is 2.74 bits per heavy atom. The van der Waals surface area contributed by atoms with Crippen LogP contribution in [0.5, 0.6) is 0 Å². The highest BCUT2D eigenvalue weighted by atomic mass is 127. The van der Waals surface area contributed by atoms with E-state index in [1.165, 1.54) is 6.42 Å². The monoisotopic (exact) mass is 442 g/mol. The third-order valence-electron chi connectivity index (χ3n) is 3.77. The van der Waals surface area contributed by atoms with E-state index in [1.807, 2.05) is 18.2 Å². The molecule has 124 valence electrons. The van der Waals surface area contributed by atoms with Gasteiger partial charge in [0.05, 0.1) is 12.2 Å². The summed E-state index contributed by atoms with van der Waals surface area (Å²) in [4.78, 5) is 9.33. The summed E-state index contributed by atoms with van der Waals surface area (Å²) in [6.07, 6.45) is 1.24. The van der Waals surface area contributed by atoms with Crippen LogP contribution in [-0.4, -0.2) is 23.5 Å². The van der Waals surface area contributed by atoms with Crippen LogP contribution in [0.25, 0.3) is 11.3 Å². The number of aliphatic imine (C=N–C) groups is 1. The molecular formula is C17H23IN4S. The highest BCUT2D eigenvalue weighted by molar-refractivity contribution is 14.0. The van der Waals surface area contributed by atoms with E-state index >= 15 is 0 Å². The summed E-state index contributed by atoms with van der Waals surface area (Å²) in [5, 5.41) is 9.91. The summed E-state index contributed by atoms with van der Waals surface area (Å²) < 4.78 is 0. The number of nitrogens with one attached hydrogen (secondary N) is 2. The minimum absolute atomic E-state index is 0. The van der Waals surface area contributed by atoms with Crippen LogP contribution in [0.2, 0.25) is 0 Å². The molecule has 1 aromatic carbocycles. The molecule has 0 amide bonds. The van der Waals surface area contributed by atoms with Crippen molar-refractivity contribution in [2.24, 2.45) is 10.9 Å². The van der Waals surface area contributed by atoms with Crippen LogP contribution >= 0.6 is 35.3 Å². The third-order valence-corrected chi connectivity index (χ3v) is 4.60. The van der Waals surface area contributed by atoms with Gasteiger partial charge < -0.3 is 10.6 Å². The van der Waals surface area contributed by atoms with Gasteiger partial charge in [-0.15, -0.1) is 35.3 Å². The van der Waals surface area contributed by atoms with Crippen LogP contribution in [0, 0.1) is 5.92 Å². The summed E-state index contributed by atoms with van der Waals surface area (Å²) in [6.45, 7) is 5.84. The molecule has 0 bridgehead atoms. The number of halogens is 1. The second-order valence-electron chi connectivity index (χ2n) is 5.65. The van der Waals surface area contributed by atoms with Crippen molar-refractivity contribution in [3.05, 3.63) is 40.7 Å². The standard InChI is InChI=1S/C17H22N4S.HI/c1-3-18-17(21-14-9-12(14)2)19-10-16-20-15(11-22-16)13-7-5-4-6-8-13;/h4-8,11-12,14H,3,9-10H2,1-2H3,(H2,18,19,21);1H. The fourth-order valence-corrected chi connectivity index (χ4v) is 3.02. The zero-order valence-electron chi connectivity index (χ0n) is 13.5. The normalized spacial score (nSPS) is 19.8. The molecular weight excluding hydrogens is 419 g/mol. The minimum Gasteiger partial charge on any atom is -0.357 e. The maximum absolute atomic E-state index is 4.68. The SMILES string of the molecule is CCNC(=NCc1nc(-c2ccccc2)cs1)NC1CC1C.I. The first-order valence-electron chi connectivity index (χ1n) is 7.81. The number of guanidine groups is 1. The molecule has 6 heteroatoms. The molecule has 1 heterocycles. The van der Waals surface area contributed by atoms with Crippen molar-refractivity contribution in [1.82, 2.24) is 15.6 Å². The molecule has 2 aromatic rings. The molecule has 0 aliphatic heterocycles. The molecule has 4 nitrogen and oxygen atoms in total. The molecule has 2 atom stereocenters. The Balaban J connectivity index is 0.00000192. The van der Waals surface area contributed by atoms with Crippen molar-refractivity contribution in [2.75, 3.05) is 6.54 Å². The zero-order chi connectivity index (χ0) is 15.4. The molecule has 1 fully saturated rings. The molecule has 0 radical (unpaired) electrons. The van der Waals surface area contributed by atoms with Crippen LogP contribution in [0.15, 0.2) is 40.7 Å². The number of hydrogen-bond donors (Lipinski definition) is 2. The third kappa shape index (κ3) is 5.17. The number of hydrogen-bond acceptors (Lipinski definition) is 3. The second-order valence-corrected chi connectivity index (χ2v) is 6.59. The van der Waals surface area contributed by atoms with E-state index in [2.05, 4.69) is 52.0 Å². The van der Waals surface area contributed by atoms with Crippen LogP contribution < -0.4 is 10.6 Å². The van der Waals surface area contributed by atoms with Gasteiger partial charge in [-0.2, -0.15) is 0 Å². The van der Waals surface area contributed by atoms with E-state index in [9.17, 15) is 0 Å². The van der Waals surface area contributed by atoms with Gasteiger partial charge in [-0.3, -0.25) is 0 Å². The lowest BCUT2D eigenvalue weighted by Crippen LogP contribution is -2.39. The lowest BCUT2D eigenvalue weighted by molar-refractivity contribution is 0.766. The van der Waals surface area contributed by atoms with Crippen molar-refractivity contribution in [3.8, 4) is 11.3 Å². The van der Waals surface area contributed by atoms with Crippen molar-refractivity contribution in [1.29, 1.82) is 0 Å². The summed E-state index contributed by atoms with van der Waals surface area (Å²) in [5.74, 6) is 1.65.